The molecule has 1 aliphatic carbocycles. The minimum atomic E-state index is -4.24. The van der Waals surface area contributed by atoms with E-state index in [1.54, 1.807) is 13.2 Å². The van der Waals surface area contributed by atoms with Crippen LogP contribution in [0.2, 0.25) is 0 Å². The molecule has 0 radical (unpaired) electrons. The lowest BCUT2D eigenvalue weighted by molar-refractivity contribution is -0.114. The summed E-state index contributed by atoms with van der Waals surface area (Å²) in [7, 11) is -1.33. The Morgan fingerprint density at radius 3 is 2.59 bits per heavy atom. The molecule has 1 heterocycles. The quantitative estimate of drug-likeness (QED) is 0.767. The number of carbonyl (C=O) groups excluding carboxylic acids is 2. The number of hydrogen-bond donors (Lipinski definition) is 2. The van der Waals surface area contributed by atoms with E-state index in [0.29, 0.717) is 0 Å². The van der Waals surface area contributed by atoms with Crippen LogP contribution >= 0.6 is 0 Å². The molecule has 1 aromatic carbocycles. The Morgan fingerprint density at radius 2 is 2.00 bits per heavy atom. The van der Waals surface area contributed by atoms with Crippen molar-refractivity contribution in [2.24, 2.45) is 7.05 Å². The summed E-state index contributed by atoms with van der Waals surface area (Å²) in [6.45, 7) is 1.31. The van der Waals surface area contributed by atoms with E-state index in [-0.39, 0.29) is 33.9 Å². The second-order valence-electron chi connectivity index (χ2n) is 6.33. The van der Waals surface area contributed by atoms with E-state index in [9.17, 15) is 18.0 Å². The maximum Gasteiger partial charge on any atom is 0.283 e. The Kier molecular flexibility index (Phi) is 4.92. The van der Waals surface area contributed by atoms with Crippen molar-refractivity contribution in [3.63, 3.8) is 0 Å². The van der Waals surface area contributed by atoms with Gasteiger partial charge < -0.3 is 10.1 Å². The van der Waals surface area contributed by atoms with Crippen molar-refractivity contribution in [3.8, 4) is 5.75 Å². The van der Waals surface area contributed by atoms with Gasteiger partial charge in [-0.25, -0.2) is 13.1 Å². The molecule has 1 aliphatic rings. The number of hydrogen-bond acceptors (Lipinski definition) is 6. The van der Waals surface area contributed by atoms with Crippen LogP contribution < -0.4 is 14.8 Å². The van der Waals surface area contributed by atoms with Crippen LogP contribution in [0.25, 0.3) is 0 Å². The number of methoxy groups -OCH3 is 1. The first-order valence-corrected chi connectivity index (χ1v) is 9.76. The molecular formula is C17H20N4O5S. The number of sulfonamides is 1. The van der Waals surface area contributed by atoms with E-state index in [4.69, 9.17) is 4.74 Å². The molecule has 27 heavy (non-hydrogen) atoms. The number of aromatic nitrogens is 2. The highest BCUT2D eigenvalue weighted by molar-refractivity contribution is 7.90. The summed E-state index contributed by atoms with van der Waals surface area (Å²) in [5.74, 6) is -0.822. The van der Waals surface area contributed by atoms with Crippen molar-refractivity contribution < 1.29 is 22.7 Å². The van der Waals surface area contributed by atoms with Gasteiger partial charge in [0, 0.05) is 25.2 Å². The normalized spacial score (nSPS) is 13.9. The van der Waals surface area contributed by atoms with Crippen LogP contribution in [-0.2, 0) is 21.9 Å². The number of anilines is 1. The van der Waals surface area contributed by atoms with Crippen molar-refractivity contribution in [1.82, 2.24) is 14.5 Å². The third-order valence-corrected chi connectivity index (χ3v) is 5.55. The van der Waals surface area contributed by atoms with Gasteiger partial charge in [-0.15, -0.1) is 0 Å². The lowest BCUT2D eigenvalue weighted by atomic mass is 10.1. The summed E-state index contributed by atoms with van der Waals surface area (Å²) in [5.41, 5.74) is 1.23. The van der Waals surface area contributed by atoms with Gasteiger partial charge in [0.1, 0.15) is 16.3 Å². The number of amides is 2. The van der Waals surface area contributed by atoms with Gasteiger partial charge in [0.2, 0.25) is 5.91 Å². The van der Waals surface area contributed by atoms with Crippen LogP contribution in [-0.4, -0.2) is 37.1 Å². The van der Waals surface area contributed by atoms with Gasteiger partial charge in [0.25, 0.3) is 15.9 Å². The van der Waals surface area contributed by atoms with E-state index in [2.05, 4.69) is 15.1 Å². The van der Waals surface area contributed by atoms with Gasteiger partial charge in [0.05, 0.1) is 13.3 Å². The Hall–Kier alpha value is -2.88. The molecule has 0 bridgehead atoms. The summed E-state index contributed by atoms with van der Waals surface area (Å²) in [6, 6.07) is 4.15. The first kappa shape index (κ1) is 18.9. The van der Waals surface area contributed by atoms with E-state index < -0.39 is 15.9 Å². The topological polar surface area (TPSA) is 119 Å². The molecule has 2 amide bonds. The molecule has 9 nitrogen and oxygen atoms in total. The predicted octanol–water partition coefficient (Wildman–Crippen LogP) is 1.38. The van der Waals surface area contributed by atoms with Crippen LogP contribution in [0.15, 0.2) is 29.3 Å². The Balaban J connectivity index is 1.94. The zero-order valence-electron chi connectivity index (χ0n) is 15.1. The number of ether oxygens (including phenoxy) is 1. The molecule has 2 N–H and O–H groups in total. The van der Waals surface area contributed by atoms with Gasteiger partial charge in [-0.05, 0) is 37.0 Å². The Bertz CT molecular complexity index is 1010. The first-order chi connectivity index (χ1) is 12.7. The SMILES string of the molecule is COc1ccc(NC(C)=O)cc1S(=O)(=O)NC(=O)c1c(C2CC2)cnn1C. The highest BCUT2D eigenvalue weighted by Crippen LogP contribution is 2.41. The van der Waals surface area contributed by atoms with Gasteiger partial charge in [-0.1, -0.05) is 0 Å². The van der Waals surface area contributed by atoms with Crippen LogP contribution in [0.5, 0.6) is 5.75 Å². The average molecular weight is 392 g/mol. The van der Waals surface area contributed by atoms with E-state index in [1.807, 2.05) is 0 Å². The zero-order chi connectivity index (χ0) is 19.8. The summed E-state index contributed by atoms with van der Waals surface area (Å²) < 4.78 is 34.2. The molecule has 0 unspecified atom stereocenters. The van der Waals surface area contributed by atoms with Crippen LogP contribution in [0.1, 0.15) is 41.7 Å². The molecule has 0 saturated heterocycles. The minimum absolute atomic E-state index is 0.0526. The van der Waals surface area contributed by atoms with Crippen LogP contribution in [0.4, 0.5) is 5.69 Å². The number of carbonyl (C=O) groups is 2. The number of benzene rings is 1. The number of nitrogens with zero attached hydrogens (tertiary/aromatic N) is 2. The second-order valence-corrected chi connectivity index (χ2v) is 7.98. The van der Waals surface area contributed by atoms with E-state index in [0.717, 1.165) is 18.4 Å². The van der Waals surface area contributed by atoms with Crippen molar-refractivity contribution in [2.75, 3.05) is 12.4 Å². The van der Waals surface area contributed by atoms with Crippen LogP contribution in [0.3, 0.4) is 0 Å². The smallest absolute Gasteiger partial charge is 0.283 e. The summed E-state index contributed by atoms with van der Waals surface area (Å²) in [4.78, 5) is 23.7. The molecule has 1 saturated carbocycles. The molecule has 0 spiro atoms. The lowest BCUT2D eigenvalue weighted by Crippen LogP contribution is -2.33. The van der Waals surface area contributed by atoms with Crippen LogP contribution in [0, 0.1) is 0 Å². The summed E-state index contributed by atoms with van der Waals surface area (Å²) >= 11 is 0. The highest BCUT2D eigenvalue weighted by atomic mass is 32.2. The highest BCUT2D eigenvalue weighted by Gasteiger charge is 2.33. The largest absolute Gasteiger partial charge is 0.495 e. The molecule has 144 valence electrons. The van der Waals surface area contributed by atoms with Crippen molar-refractivity contribution in [2.45, 2.75) is 30.6 Å². The minimum Gasteiger partial charge on any atom is -0.495 e. The van der Waals surface area contributed by atoms with Gasteiger partial charge in [0.15, 0.2) is 0 Å². The average Bonchev–Trinajstić information content (AvgIpc) is 3.36. The van der Waals surface area contributed by atoms with Crippen molar-refractivity contribution >= 4 is 27.5 Å². The zero-order valence-corrected chi connectivity index (χ0v) is 16.0. The van der Waals surface area contributed by atoms with Crippen molar-refractivity contribution in [1.29, 1.82) is 0 Å². The number of nitrogens with one attached hydrogen (secondary N) is 2. The van der Waals surface area contributed by atoms with E-state index in [1.165, 1.54) is 36.9 Å². The van der Waals surface area contributed by atoms with E-state index >= 15 is 0 Å². The van der Waals surface area contributed by atoms with Gasteiger partial charge in [-0.3, -0.25) is 14.3 Å². The van der Waals surface area contributed by atoms with Gasteiger partial charge in [-0.2, -0.15) is 5.10 Å². The maximum atomic E-state index is 12.8. The fraction of sp³-hybridized carbons (Fsp3) is 0.353. The lowest BCUT2D eigenvalue weighted by Gasteiger charge is -2.13. The van der Waals surface area contributed by atoms with Gasteiger partial charge >= 0.3 is 0 Å². The third-order valence-electron chi connectivity index (χ3n) is 4.20. The molecule has 0 atom stereocenters. The van der Waals surface area contributed by atoms with Crippen molar-refractivity contribution in [3.05, 3.63) is 35.7 Å². The summed E-state index contributed by atoms with van der Waals surface area (Å²) in [6.07, 6.45) is 3.49. The fourth-order valence-electron chi connectivity index (χ4n) is 2.82. The molecular weight excluding hydrogens is 372 g/mol. The molecule has 2 aromatic rings. The third kappa shape index (κ3) is 3.95. The maximum absolute atomic E-state index is 12.8. The monoisotopic (exact) mass is 392 g/mol. The Morgan fingerprint density at radius 1 is 1.30 bits per heavy atom. The Labute approximate surface area is 156 Å². The second kappa shape index (κ2) is 7.03. The molecule has 10 heteroatoms. The first-order valence-electron chi connectivity index (χ1n) is 8.27. The standard InChI is InChI=1S/C17H20N4O5S/c1-10(22)19-12-6-7-14(26-3)15(8-12)27(24,25)20-17(23)16-13(11-4-5-11)9-18-21(16)2/h6-9,11H,4-5H2,1-3H3,(H,19,22)(H,20,23). The fourth-order valence-corrected chi connectivity index (χ4v) is 3.97. The molecule has 3 rings (SSSR count). The molecule has 0 aliphatic heterocycles. The number of aryl methyl sites for hydroxylation is 1. The predicted molar refractivity (Wildman–Crippen MR) is 97.1 cm³/mol. The number of rotatable bonds is 6. The summed E-state index contributed by atoms with van der Waals surface area (Å²) in [5, 5.41) is 6.58. The molecule has 1 fully saturated rings. The molecule has 1 aromatic heterocycles.